The van der Waals surface area contributed by atoms with Gasteiger partial charge in [0.25, 0.3) is 5.56 Å². The van der Waals surface area contributed by atoms with E-state index in [0.29, 0.717) is 41.4 Å². The van der Waals surface area contributed by atoms with Crippen LogP contribution in [0.3, 0.4) is 0 Å². The summed E-state index contributed by atoms with van der Waals surface area (Å²) in [4.78, 5) is 33.7. The molecule has 10 heteroatoms. The van der Waals surface area contributed by atoms with Crippen LogP contribution in [-0.4, -0.2) is 65.0 Å². The predicted molar refractivity (Wildman–Crippen MR) is 120 cm³/mol. The largest absolute Gasteiger partial charge is 0.493 e. The van der Waals surface area contributed by atoms with Crippen LogP contribution < -0.4 is 24.8 Å². The molecule has 0 radical (unpaired) electrons. The van der Waals surface area contributed by atoms with Crippen molar-refractivity contribution in [2.24, 2.45) is 0 Å². The molecule has 2 N–H and O–H groups in total. The van der Waals surface area contributed by atoms with Gasteiger partial charge in [-0.2, -0.15) is 0 Å². The van der Waals surface area contributed by atoms with E-state index in [1.807, 2.05) is 4.90 Å². The van der Waals surface area contributed by atoms with Gasteiger partial charge in [-0.1, -0.05) is 0 Å². The van der Waals surface area contributed by atoms with Crippen LogP contribution in [0.1, 0.15) is 24.1 Å². The molecule has 1 aromatic carbocycles. The number of nitrogens with one attached hydrogen (secondary N) is 1. The maximum atomic E-state index is 12.8. The number of aromatic amines is 1. The zero-order valence-corrected chi connectivity index (χ0v) is 18.2. The molecule has 3 aromatic rings. The summed E-state index contributed by atoms with van der Waals surface area (Å²) in [7, 11) is 3.09. The maximum Gasteiger partial charge on any atom is 0.260 e. The number of aromatic nitrogens is 4. The van der Waals surface area contributed by atoms with Crippen molar-refractivity contribution in [3.63, 3.8) is 0 Å². The highest BCUT2D eigenvalue weighted by atomic mass is 16.5. The fourth-order valence-electron chi connectivity index (χ4n) is 4.47. The Hall–Kier alpha value is -3.40. The summed E-state index contributed by atoms with van der Waals surface area (Å²) < 4.78 is 10.7. The topological polar surface area (TPSA) is 117 Å². The summed E-state index contributed by atoms with van der Waals surface area (Å²) in [6, 6.07) is 3.36. The van der Waals surface area contributed by atoms with E-state index < -0.39 is 0 Å². The third-order valence-electron chi connectivity index (χ3n) is 6.25. The molecule has 1 fully saturated rings. The van der Waals surface area contributed by atoms with E-state index >= 15 is 0 Å². The maximum absolute atomic E-state index is 12.8. The van der Waals surface area contributed by atoms with Crippen molar-refractivity contribution in [3.05, 3.63) is 40.1 Å². The summed E-state index contributed by atoms with van der Waals surface area (Å²) in [6.45, 7) is 2.80. The number of aliphatic hydroxyl groups excluding tert-OH is 1. The van der Waals surface area contributed by atoms with Crippen LogP contribution in [0.4, 0.5) is 11.8 Å². The Balaban J connectivity index is 1.46. The van der Waals surface area contributed by atoms with Crippen LogP contribution in [0.15, 0.2) is 23.3 Å². The molecule has 2 aliphatic heterocycles. The first-order valence-electron chi connectivity index (χ1n) is 10.7. The van der Waals surface area contributed by atoms with Gasteiger partial charge in [0.1, 0.15) is 12.1 Å². The smallest absolute Gasteiger partial charge is 0.260 e. The van der Waals surface area contributed by atoms with Crippen LogP contribution in [-0.2, 0) is 13.0 Å². The lowest BCUT2D eigenvalue weighted by atomic mass is 10.0. The number of nitrogens with zero attached hydrogens (tertiary/aromatic N) is 5. The number of H-pyrrole nitrogens is 1. The normalized spacial score (nSPS) is 16.8. The second-order valence-electron chi connectivity index (χ2n) is 8.13. The van der Waals surface area contributed by atoms with E-state index in [0.717, 1.165) is 49.4 Å². The lowest BCUT2D eigenvalue weighted by molar-refractivity contribution is 0.145. The molecule has 32 heavy (non-hydrogen) atoms. The Morgan fingerprint density at radius 3 is 2.56 bits per heavy atom. The molecule has 2 aromatic heterocycles. The molecular weight excluding hydrogens is 412 g/mol. The lowest BCUT2D eigenvalue weighted by Gasteiger charge is -2.35. The van der Waals surface area contributed by atoms with Gasteiger partial charge in [0.15, 0.2) is 11.5 Å². The minimum absolute atomic E-state index is 0.228. The monoisotopic (exact) mass is 438 g/mol. The number of rotatable bonds is 4. The molecule has 168 valence electrons. The lowest BCUT2D eigenvalue weighted by Crippen LogP contribution is -2.39. The minimum atomic E-state index is -0.230. The molecule has 0 unspecified atom stereocenters. The van der Waals surface area contributed by atoms with Gasteiger partial charge in [-0.05, 0) is 25.3 Å². The molecule has 10 nitrogen and oxygen atoms in total. The van der Waals surface area contributed by atoms with Gasteiger partial charge in [-0.25, -0.2) is 15.0 Å². The third kappa shape index (κ3) is 3.60. The van der Waals surface area contributed by atoms with Gasteiger partial charge in [-0.15, -0.1) is 0 Å². The number of hydrogen-bond donors (Lipinski definition) is 2. The van der Waals surface area contributed by atoms with E-state index in [-0.39, 0.29) is 11.7 Å². The molecule has 2 aliphatic rings. The minimum Gasteiger partial charge on any atom is -0.493 e. The molecule has 0 saturated carbocycles. The molecule has 1 saturated heterocycles. The van der Waals surface area contributed by atoms with Crippen LogP contribution in [0.5, 0.6) is 11.5 Å². The van der Waals surface area contributed by atoms with Crippen LogP contribution in [0, 0.1) is 0 Å². The fourth-order valence-corrected chi connectivity index (χ4v) is 4.47. The molecule has 0 bridgehead atoms. The van der Waals surface area contributed by atoms with Crippen molar-refractivity contribution >= 4 is 22.7 Å². The highest BCUT2D eigenvalue weighted by Crippen LogP contribution is 2.32. The quantitative estimate of drug-likeness (QED) is 0.621. The molecule has 0 aliphatic carbocycles. The standard InChI is InChI=1S/C22H26N6O4/c1-31-18-9-15-16(10-19(18)32-2)25-22(26-21(15)30)28-8-5-14-17(11-28)23-12-24-20(14)27-6-3-13(29)4-7-27/h9-10,12-13,29H,3-8,11H2,1-2H3,(H,25,26,30). The average molecular weight is 438 g/mol. The zero-order chi connectivity index (χ0) is 22.2. The van der Waals surface area contributed by atoms with E-state index in [2.05, 4.69) is 19.9 Å². The van der Waals surface area contributed by atoms with Crippen LogP contribution in [0.25, 0.3) is 10.9 Å². The molecule has 0 amide bonds. The highest BCUT2D eigenvalue weighted by Gasteiger charge is 2.27. The van der Waals surface area contributed by atoms with Crippen molar-refractivity contribution in [1.29, 1.82) is 0 Å². The third-order valence-corrected chi connectivity index (χ3v) is 6.25. The first-order chi connectivity index (χ1) is 15.6. The average Bonchev–Trinajstić information content (AvgIpc) is 2.83. The summed E-state index contributed by atoms with van der Waals surface area (Å²) >= 11 is 0. The number of piperidine rings is 1. The summed E-state index contributed by atoms with van der Waals surface area (Å²) in [6.07, 6.45) is 3.62. The number of methoxy groups -OCH3 is 2. The molecule has 4 heterocycles. The second kappa shape index (κ2) is 8.27. The van der Waals surface area contributed by atoms with Crippen molar-refractivity contribution in [2.75, 3.05) is 43.7 Å². The SMILES string of the molecule is COc1cc2nc(N3CCc4c(ncnc4N4CCC(O)CC4)C3)[nH]c(=O)c2cc1OC. The Bertz CT molecular complexity index is 1200. The van der Waals surface area contributed by atoms with E-state index in [9.17, 15) is 9.90 Å². The molecule has 5 rings (SSSR count). The number of anilines is 2. The van der Waals surface area contributed by atoms with E-state index in [4.69, 9.17) is 14.5 Å². The number of ether oxygens (including phenoxy) is 2. The molecule has 0 spiro atoms. The van der Waals surface area contributed by atoms with Gasteiger partial charge >= 0.3 is 0 Å². The van der Waals surface area contributed by atoms with Gasteiger partial charge < -0.3 is 24.4 Å². The first-order valence-corrected chi connectivity index (χ1v) is 10.7. The molecule has 0 atom stereocenters. The van der Waals surface area contributed by atoms with Crippen molar-refractivity contribution in [2.45, 2.75) is 31.9 Å². The fraction of sp³-hybridized carbons (Fsp3) is 0.455. The summed E-state index contributed by atoms with van der Waals surface area (Å²) in [5.74, 6) is 2.47. The van der Waals surface area contributed by atoms with E-state index in [1.165, 1.54) is 7.11 Å². The van der Waals surface area contributed by atoms with Gasteiger partial charge in [0.2, 0.25) is 5.95 Å². The Morgan fingerprint density at radius 1 is 1.06 bits per heavy atom. The summed E-state index contributed by atoms with van der Waals surface area (Å²) in [5.41, 5.74) is 2.38. The Kier molecular flexibility index (Phi) is 5.30. The highest BCUT2D eigenvalue weighted by molar-refractivity contribution is 5.82. The van der Waals surface area contributed by atoms with Crippen molar-refractivity contribution in [1.82, 2.24) is 19.9 Å². The Morgan fingerprint density at radius 2 is 1.81 bits per heavy atom. The zero-order valence-electron chi connectivity index (χ0n) is 18.2. The predicted octanol–water partition coefficient (Wildman–Crippen LogP) is 1.25. The number of benzene rings is 1. The van der Waals surface area contributed by atoms with Gasteiger partial charge in [0.05, 0.1) is 43.5 Å². The number of fused-ring (bicyclic) bond motifs is 2. The van der Waals surface area contributed by atoms with Crippen LogP contribution >= 0.6 is 0 Å². The summed E-state index contributed by atoms with van der Waals surface area (Å²) in [5, 5.41) is 10.3. The van der Waals surface area contributed by atoms with Crippen LogP contribution in [0.2, 0.25) is 0 Å². The van der Waals surface area contributed by atoms with E-state index in [1.54, 1.807) is 25.6 Å². The Labute approximate surface area is 184 Å². The van der Waals surface area contributed by atoms with Crippen molar-refractivity contribution < 1.29 is 14.6 Å². The number of aliphatic hydroxyl groups is 1. The molecular formula is C22H26N6O4. The number of hydrogen-bond acceptors (Lipinski definition) is 9. The van der Waals surface area contributed by atoms with Crippen molar-refractivity contribution in [3.8, 4) is 11.5 Å². The van der Waals surface area contributed by atoms with Gasteiger partial charge in [0, 0.05) is 31.3 Å². The van der Waals surface area contributed by atoms with Gasteiger partial charge in [-0.3, -0.25) is 9.78 Å². The second-order valence-corrected chi connectivity index (χ2v) is 8.13. The first kappa shape index (κ1) is 20.5.